The van der Waals surface area contributed by atoms with Crippen molar-refractivity contribution in [2.75, 3.05) is 64.8 Å². The third-order valence-corrected chi connectivity index (χ3v) is 7.09. The Labute approximate surface area is 199 Å². The highest BCUT2D eigenvalue weighted by Gasteiger charge is 2.26. The number of ether oxygens (including phenoxy) is 1. The molecule has 1 aromatic heterocycles. The van der Waals surface area contributed by atoms with Crippen LogP contribution in [0.2, 0.25) is 0 Å². The molecule has 1 aromatic carbocycles. The van der Waals surface area contributed by atoms with Gasteiger partial charge in [-0.2, -0.15) is 0 Å². The summed E-state index contributed by atoms with van der Waals surface area (Å²) in [7, 11) is 0. The van der Waals surface area contributed by atoms with Gasteiger partial charge in [-0.05, 0) is 38.0 Å². The Morgan fingerprint density at radius 2 is 1.61 bits per heavy atom. The zero-order chi connectivity index (χ0) is 23.4. The fraction of sp³-hybridized carbons (Fsp3) is 0.565. The standard InChI is InChI=1S/C23H32N6O3S/c1-17-4-5-18(2)20(14-17)29-19(3)24-25-23(29)33-16-22(31)28-8-6-27(7-9-28)21(30)15-26-10-12-32-13-11-26/h4-5,14H,6-13,15-16H2,1-3H3. The van der Waals surface area contributed by atoms with Crippen molar-refractivity contribution < 1.29 is 14.3 Å². The van der Waals surface area contributed by atoms with Crippen LogP contribution in [-0.2, 0) is 14.3 Å². The predicted octanol–water partition coefficient (Wildman–Crippen LogP) is 1.29. The van der Waals surface area contributed by atoms with Gasteiger partial charge in [-0.3, -0.25) is 19.1 Å². The van der Waals surface area contributed by atoms with Gasteiger partial charge >= 0.3 is 0 Å². The number of carbonyl (C=O) groups excluding carboxylic acids is 2. The molecule has 2 saturated heterocycles. The Bertz CT molecular complexity index is 996. The Balaban J connectivity index is 1.30. The molecule has 0 unspecified atom stereocenters. The van der Waals surface area contributed by atoms with Crippen LogP contribution < -0.4 is 0 Å². The molecule has 178 valence electrons. The van der Waals surface area contributed by atoms with Crippen LogP contribution in [0.1, 0.15) is 17.0 Å². The van der Waals surface area contributed by atoms with Crippen molar-refractivity contribution in [2.45, 2.75) is 25.9 Å². The van der Waals surface area contributed by atoms with Crippen molar-refractivity contribution in [3.05, 3.63) is 35.2 Å². The number of hydrogen-bond donors (Lipinski definition) is 0. The number of morpholine rings is 1. The van der Waals surface area contributed by atoms with Gasteiger partial charge in [0, 0.05) is 39.3 Å². The van der Waals surface area contributed by atoms with Gasteiger partial charge in [-0.25, -0.2) is 0 Å². The second-order valence-corrected chi connectivity index (χ2v) is 9.54. The molecule has 4 rings (SSSR count). The molecule has 0 spiro atoms. The van der Waals surface area contributed by atoms with Crippen LogP contribution >= 0.6 is 11.8 Å². The van der Waals surface area contributed by atoms with Crippen molar-refractivity contribution in [3.63, 3.8) is 0 Å². The van der Waals surface area contributed by atoms with Crippen LogP contribution in [0, 0.1) is 20.8 Å². The lowest BCUT2D eigenvalue weighted by atomic mass is 10.1. The van der Waals surface area contributed by atoms with Gasteiger partial charge in [-0.15, -0.1) is 10.2 Å². The second kappa shape index (κ2) is 10.7. The van der Waals surface area contributed by atoms with E-state index in [-0.39, 0.29) is 11.8 Å². The Morgan fingerprint density at radius 1 is 0.939 bits per heavy atom. The lowest BCUT2D eigenvalue weighted by molar-refractivity contribution is -0.139. The molecule has 0 N–H and O–H groups in total. The number of benzene rings is 1. The van der Waals surface area contributed by atoms with Gasteiger partial charge < -0.3 is 14.5 Å². The Morgan fingerprint density at radius 3 is 2.30 bits per heavy atom. The molecule has 2 aliphatic heterocycles. The van der Waals surface area contributed by atoms with Crippen LogP contribution in [0.3, 0.4) is 0 Å². The van der Waals surface area contributed by atoms with Gasteiger partial charge in [-0.1, -0.05) is 23.9 Å². The summed E-state index contributed by atoms with van der Waals surface area (Å²) in [5, 5.41) is 9.27. The van der Waals surface area contributed by atoms with Crippen LogP contribution in [0.4, 0.5) is 0 Å². The predicted molar refractivity (Wildman–Crippen MR) is 127 cm³/mol. The van der Waals surface area contributed by atoms with Crippen LogP contribution in [0.5, 0.6) is 0 Å². The highest BCUT2D eigenvalue weighted by molar-refractivity contribution is 7.99. The van der Waals surface area contributed by atoms with E-state index < -0.39 is 0 Å². The van der Waals surface area contributed by atoms with Crippen LogP contribution in [0.25, 0.3) is 5.69 Å². The van der Waals surface area contributed by atoms with Gasteiger partial charge in [0.25, 0.3) is 0 Å². The number of aromatic nitrogens is 3. The molecule has 2 aromatic rings. The molecule has 9 nitrogen and oxygen atoms in total. The molecule has 0 saturated carbocycles. The molecule has 0 aliphatic carbocycles. The van der Waals surface area contributed by atoms with E-state index in [4.69, 9.17) is 4.74 Å². The Kier molecular flexibility index (Phi) is 7.67. The van der Waals surface area contributed by atoms with Crippen molar-refractivity contribution in [1.29, 1.82) is 0 Å². The minimum absolute atomic E-state index is 0.0634. The number of carbonyl (C=O) groups is 2. The van der Waals surface area contributed by atoms with Gasteiger partial charge in [0.2, 0.25) is 11.8 Å². The van der Waals surface area contributed by atoms with E-state index >= 15 is 0 Å². The van der Waals surface area contributed by atoms with E-state index in [1.807, 2.05) is 21.3 Å². The minimum atomic E-state index is 0.0634. The smallest absolute Gasteiger partial charge is 0.236 e. The van der Waals surface area contributed by atoms with Gasteiger partial charge in [0.05, 0.1) is 31.2 Å². The van der Waals surface area contributed by atoms with Crippen LogP contribution in [0.15, 0.2) is 23.4 Å². The van der Waals surface area contributed by atoms with Crippen LogP contribution in [-0.4, -0.2) is 106 Å². The van der Waals surface area contributed by atoms with E-state index in [0.717, 1.165) is 35.7 Å². The summed E-state index contributed by atoms with van der Waals surface area (Å²) in [5.74, 6) is 1.29. The lowest BCUT2D eigenvalue weighted by Gasteiger charge is -2.36. The largest absolute Gasteiger partial charge is 0.379 e. The molecule has 10 heteroatoms. The van der Waals surface area contributed by atoms with Crippen molar-refractivity contribution in [3.8, 4) is 5.69 Å². The number of aryl methyl sites for hydroxylation is 3. The molecular formula is C23H32N6O3S. The topological polar surface area (TPSA) is 83.8 Å². The molecule has 0 atom stereocenters. The first-order valence-electron chi connectivity index (χ1n) is 11.4. The second-order valence-electron chi connectivity index (χ2n) is 8.59. The zero-order valence-corrected chi connectivity index (χ0v) is 20.4. The summed E-state index contributed by atoms with van der Waals surface area (Å²) >= 11 is 1.41. The average Bonchev–Trinajstić information content (AvgIpc) is 3.19. The normalized spacial score (nSPS) is 17.4. The van der Waals surface area contributed by atoms with E-state index in [9.17, 15) is 9.59 Å². The maximum Gasteiger partial charge on any atom is 0.236 e. The van der Waals surface area contributed by atoms with E-state index in [2.05, 4.69) is 47.1 Å². The molecule has 2 fully saturated rings. The van der Waals surface area contributed by atoms with Crippen molar-refractivity contribution in [2.24, 2.45) is 0 Å². The van der Waals surface area contributed by atoms with E-state index in [0.29, 0.717) is 56.8 Å². The number of nitrogens with zero attached hydrogens (tertiary/aromatic N) is 6. The summed E-state index contributed by atoms with van der Waals surface area (Å²) in [5.41, 5.74) is 3.34. The fourth-order valence-corrected chi connectivity index (χ4v) is 5.04. The molecule has 0 bridgehead atoms. The number of amides is 2. The minimum Gasteiger partial charge on any atom is -0.379 e. The highest BCUT2D eigenvalue weighted by atomic mass is 32.2. The third kappa shape index (κ3) is 5.74. The number of thioether (sulfide) groups is 1. The maximum absolute atomic E-state index is 12.9. The number of hydrogen-bond acceptors (Lipinski definition) is 7. The Hall–Kier alpha value is -2.43. The highest BCUT2D eigenvalue weighted by Crippen LogP contribution is 2.25. The number of piperazine rings is 1. The molecule has 0 radical (unpaired) electrons. The summed E-state index contributed by atoms with van der Waals surface area (Å²) in [6.45, 7) is 11.7. The monoisotopic (exact) mass is 472 g/mol. The van der Waals surface area contributed by atoms with Gasteiger partial charge in [0.1, 0.15) is 5.82 Å². The van der Waals surface area contributed by atoms with E-state index in [1.165, 1.54) is 11.8 Å². The van der Waals surface area contributed by atoms with E-state index in [1.54, 1.807) is 0 Å². The quantitative estimate of drug-likeness (QED) is 0.586. The number of rotatable bonds is 6. The fourth-order valence-electron chi connectivity index (χ4n) is 4.15. The third-order valence-electron chi connectivity index (χ3n) is 6.17. The molecule has 33 heavy (non-hydrogen) atoms. The average molecular weight is 473 g/mol. The lowest BCUT2D eigenvalue weighted by Crippen LogP contribution is -2.53. The molecular weight excluding hydrogens is 440 g/mol. The van der Waals surface area contributed by atoms with Crippen molar-refractivity contribution >= 4 is 23.6 Å². The zero-order valence-electron chi connectivity index (χ0n) is 19.6. The summed E-state index contributed by atoms with van der Waals surface area (Å²) < 4.78 is 7.36. The molecule has 3 heterocycles. The summed E-state index contributed by atoms with van der Waals surface area (Å²) in [4.78, 5) is 31.3. The summed E-state index contributed by atoms with van der Waals surface area (Å²) in [6.07, 6.45) is 0. The SMILES string of the molecule is Cc1ccc(C)c(-n2c(C)nnc2SCC(=O)N2CCN(C(=O)CN3CCOCC3)CC2)c1. The van der Waals surface area contributed by atoms with Gasteiger partial charge in [0.15, 0.2) is 5.16 Å². The molecule has 2 aliphatic rings. The molecule has 2 amide bonds. The van der Waals surface area contributed by atoms with Crippen molar-refractivity contribution in [1.82, 2.24) is 29.5 Å². The first kappa shape index (κ1) is 23.7. The maximum atomic E-state index is 12.9. The first-order valence-corrected chi connectivity index (χ1v) is 12.4. The first-order chi connectivity index (χ1) is 15.9. The summed E-state index contributed by atoms with van der Waals surface area (Å²) in [6, 6.07) is 6.29.